The molecule has 0 saturated heterocycles. The maximum atomic E-state index is 12.8. The normalized spacial score (nSPS) is 11.0. The summed E-state index contributed by atoms with van der Waals surface area (Å²) in [6, 6.07) is 3.65. The SMILES string of the molecule is CCCn1c(N)c(C(=O)CSc2nnc(-c3cccnc3)n2C)c(=O)n(C)c1=O. The number of rotatable bonds is 7. The molecule has 0 aliphatic rings. The minimum atomic E-state index is -0.695. The van der Waals surface area contributed by atoms with Crippen LogP contribution in [0.5, 0.6) is 0 Å². The second-order valence-corrected chi connectivity index (χ2v) is 7.32. The van der Waals surface area contributed by atoms with Gasteiger partial charge in [0.1, 0.15) is 11.4 Å². The summed E-state index contributed by atoms with van der Waals surface area (Å²) >= 11 is 1.14. The van der Waals surface area contributed by atoms with Crippen LogP contribution in [-0.2, 0) is 20.6 Å². The number of nitrogen functional groups attached to an aromatic ring is 1. The van der Waals surface area contributed by atoms with E-state index in [0.717, 1.165) is 21.9 Å². The summed E-state index contributed by atoms with van der Waals surface area (Å²) in [5.74, 6) is -0.0219. The number of thioether (sulfide) groups is 1. The Morgan fingerprint density at radius 2 is 1.97 bits per heavy atom. The van der Waals surface area contributed by atoms with Gasteiger partial charge in [0.15, 0.2) is 16.8 Å². The van der Waals surface area contributed by atoms with Crippen molar-refractivity contribution in [2.24, 2.45) is 14.1 Å². The molecule has 0 saturated carbocycles. The van der Waals surface area contributed by atoms with Gasteiger partial charge in [-0.25, -0.2) is 4.79 Å². The van der Waals surface area contributed by atoms with Crippen molar-refractivity contribution in [1.82, 2.24) is 28.9 Å². The molecular weight excluding hydrogens is 394 g/mol. The second-order valence-electron chi connectivity index (χ2n) is 6.38. The Balaban J connectivity index is 1.87. The van der Waals surface area contributed by atoms with E-state index in [2.05, 4.69) is 15.2 Å². The number of ketones is 1. The first kappa shape index (κ1) is 20.5. The molecule has 3 aromatic rings. The third kappa shape index (κ3) is 3.86. The lowest BCUT2D eigenvalue weighted by Crippen LogP contribution is -2.42. The highest BCUT2D eigenvalue weighted by Crippen LogP contribution is 2.22. The standard InChI is InChI=1S/C18H21N7O3S/c1-4-8-25-14(19)13(16(27)24(3)18(25)28)12(26)10-29-17-22-21-15(23(17)2)11-6-5-7-20-9-11/h5-7,9H,4,8,10,19H2,1-3H3. The zero-order chi connectivity index (χ0) is 21.1. The van der Waals surface area contributed by atoms with Gasteiger partial charge in [0.05, 0.1) is 5.75 Å². The lowest BCUT2D eigenvalue weighted by Gasteiger charge is -2.13. The van der Waals surface area contributed by atoms with Crippen molar-refractivity contribution in [1.29, 1.82) is 0 Å². The highest BCUT2D eigenvalue weighted by Gasteiger charge is 2.22. The van der Waals surface area contributed by atoms with E-state index < -0.39 is 17.0 Å². The molecule has 2 N–H and O–H groups in total. The van der Waals surface area contributed by atoms with E-state index >= 15 is 0 Å². The molecule has 0 aliphatic carbocycles. The van der Waals surface area contributed by atoms with Crippen molar-refractivity contribution in [3.63, 3.8) is 0 Å². The van der Waals surface area contributed by atoms with Crippen LogP contribution >= 0.6 is 11.8 Å². The molecule has 0 fully saturated rings. The highest BCUT2D eigenvalue weighted by atomic mass is 32.2. The quantitative estimate of drug-likeness (QED) is 0.441. The van der Waals surface area contributed by atoms with Crippen LogP contribution in [0, 0.1) is 0 Å². The molecule has 0 aromatic carbocycles. The van der Waals surface area contributed by atoms with Crippen LogP contribution in [-0.4, -0.2) is 40.4 Å². The van der Waals surface area contributed by atoms with E-state index in [1.807, 2.05) is 13.0 Å². The first-order valence-electron chi connectivity index (χ1n) is 8.91. The summed E-state index contributed by atoms with van der Waals surface area (Å²) in [6.07, 6.45) is 3.98. The summed E-state index contributed by atoms with van der Waals surface area (Å²) in [5, 5.41) is 8.76. The average molecular weight is 415 g/mol. The maximum absolute atomic E-state index is 12.8. The van der Waals surface area contributed by atoms with Gasteiger partial charge < -0.3 is 10.3 Å². The zero-order valence-electron chi connectivity index (χ0n) is 16.3. The van der Waals surface area contributed by atoms with Crippen LogP contribution < -0.4 is 17.0 Å². The summed E-state index contributed by atoms with van der Waals surface area (Å²) in [6.45, 7) is 2.20. The van der Waals surface area contributed by atoms with Crippen LogP contribution in [0.3, 0.4) is 0 Å². The Morgan fingerprint density at radius 3 is 2.62 bits per heavy atom. The molecule has 0 unspecified atom stereocenters. The lowest BCUT2D eigenvalue weighted by molar-refractivity contribution is 0.102. The van der Waals surface area contributed by atoms with Gasteiger partial charge in [-0.05, 0) is 18.6 Å². The number of carbonyl (C=O) groups is 1. The van der Waals surface area contributed by atoms with Gasteiger partial charge in [0.25, 0.3) is 5.56 Å². The molecule has 0 spiro atoms. The number of nitrogens with two attached hydrogens (primary N) is 1. The van der Waals surface area contributed by atoms with Crippen molar-refractivity contribution >= 4 is 23.4 Å². The van der Waals surface area contributed by atoms with Crippen LogP contribution in [0.4, 0.5) is 5.82 Å². The molecule has 0 aliphatic heterocycles. The van der Waals surface area contributed by atoms with Crippen LogP contribution in [0.2, 0.25) is 0 Å². The van der Waals surface area contributed by atoms with Crippen LogP contribution in [0.15, 0.2) is 39.3 Å². The lowest BCUT2D eigenvalue weighted by atomic mass is 10.2. The van der Waals surface area contributed by atoms with Crippen molar-refractivity contribution in [2.75, 3.05) is 11.5 Å². The topological polar surface area (TPSA) is 131 Å². The number of aromatic nitrogens is 6. The molecule has 29 heavy (non-hydrogen) atoms. The zero-order valence-corrected chi connectivity index (χ0v) is 17.1. The predicted octanol–water partition coefficient (Wildman–Crippen LogP) is 0.705. The molecule has 152 valence electrons. The maximum Gasteiger partial charge on any atom is 0.332 e. The Morgan fingerprint density at radius 1 is 1.21 bits per heavy atom. The van der Waals surface area contributed by atoms with Crippen LogP contribution in [0.1, 0.15) is 23.7 Å². The summed E-state index contributed by atoms with van der Waals surface area (Å²) < 4.78 is 3.91. The van der Waals surface area contributed by atoms with Crippen molar-refractivity contribution in [3.8, 4) is 11.4 Å². The Bertz CT molecular complexity index is 1160. The van der Waals surface area contributed by atoms with E-state index in [1.165, 1.54) is 11.6 Å². The van der Waals surface area contributed by atoms with E-state index in [4.69, 9.17) is 5.73 Å². The summed E-state index contributed by atoms with van der Waals surface area (Å²) in [7, 11) is 3.12. The smallest absolute Gasteiger partial charge is 0.332 e. The fourth-order valence-corrected chi connectivity index (χ4v) is 3.66. The third-order valence-corrected chi connectivity index (χ3v) is 5.42. The first-order chi connectivity index (χ1) is 13.9. The number of hydrogen-bond acceptors (Lipinski definition) is 8. The van der Waals surface area contributed by atoms with Gasteiger partial charge in [-0.15, -0.1) is 10.2 Å². The molecule has 0 atom stereocenters. The van der Waals surface area contributed by atoms with E-state index in [0.29, 0.717) is 23.9 Å². The molecule has 10 nitrogen and oxygen atoms in total. The molecule has 0 amide bonds. The number of hydrogen-bond donors (Lipinski definition) is 1. The van der Waals surface area contributed by atoms with E-state index in [9.17, 15) is 14.4 Å². The Kier molecular flexibility index (Phi) is 5.97. The highest BCUT2D eigenvalue weighted by molar-refractivity contribution is 7.99. The predicted molar refractivity (Wildman–Crippen MR) is 110 cm³/mol. The first-order valence-corrected chi connectivity index (χ1v) is 9.90. The van der Waals surface area contributed by atoms with Crippen molar-refractivity contribution in [2.45, 2.75) is 25.0 Å². The second kappa shape index (κ2) is 8.43. The average Bonchev–Trinajstić information content (AvgIpc) is 3.09. The fraction of sp³-hybridized carbons (Fsp3) is 0.333. The molecule has 3 aromatic heterocycles. The van der Waals surface area contributed by atoms with Crippen molar-refractivity contribution in [3.05, 3.63) is 50.9 Å². The van der Waals surface area contributed by atoms with Gasteiger partial charge in [-0.3, -0.25) is 23.7 Å². The van der Waals surface area contributed by atoms with Crippen molar-refractivity contribution < 1.29 is 4.79 Å². The number of carbonyl (C=O) groups excluding carboxylic acids is 1. The minimum Gasteiger partial charge on any atom is -0.384 e. The fourth-order valence-electron chi connectivity index (χ4n) is 2.87. The molecular formula is C18H21N7O3S. The Labute approximate surface area is 170 Å². The van der Waals surface area contributed by atoms with Gasteiger partial charge in [-0.2, -0.15) is 0 Å². The van der Waals surface area contributed by atoms with Gasteiger partial charge in [0, 0.05) is 38.6 Å². The number of anilines is 1. The van der Waals surface area contributed by atoms with Gasteiger partial charge >= 0.3 is 5.69 Å². The summed E-state index contributed by atoms with van der Waals surface area (Å²) in [5.41, 5.74) is 5.39. The monoisotopic (exact) mass is 415 g/mol. The van der Waals surface area contributed by atoms with Crippen LogP contribution in [0.25, 0.3) is 11.4 Å². The Hall–Kier alpha value is -3.21. The number of Topliss-reactive ketones (excluding diaryl/α,β-unsaturated/α-hetero) is 1. The third-order valence-electron chi connectivity index (χ3n) is 4.40. The minimum absolute atomic E-state index is 0.0667. The van der Waals surface area contributed by atoms with E-state index in [-0.39, 0.29) is 17.1 Å². The molecule has 3 heterocycles. The van der Waals surface area contributed by atoms with Gasteiger partial charge in [-0.1, -0.05) is 18.7 Å². The molecule has 0 radical (unpaired) electrons. The largest absolute Gasteiger partial charge is 0.384 e. The molecule has 3 rings (SSSR count). The molecule has 11 heteroatoms. The van der Waals surface area contributed by atoms with E-state index in [1.54, 1.807) is 30.1 Å². The summed E-state index contributed by atoms with van der Waals surface area (Å²) in [4.78, 5) is 41.5. The number of pyridine rings is 1. The molecule has 0 bridgehead atoms. The number of nitrogens with zero attached hydrogens (tertiary/aromatic N) is 6. The van der Waals surface area contributed by atoms with Gasteiger partial charge in [0.2, 0.25) is 0 Å².